The van der Waals surface area contributed by atoms with Crippen LogP contribution < -0.4 is 10.6 Å². The monoisotopic (exact) mass is 224 g/mol. The highest BCUT2D eigenvalue weighted by atomic mass is 19.4. The molecule has 0 spiro atoms. The number of hydrogen-bond acceptors (Lipinski definition) is 1. The molecule has 0 aromatic rings. The topological polar surface area (TPSA) is 41.1 Å². The van der Waals surface area contributed by atoms with Crippen molar-refractivity contribution in [2.45, 2.75) is 44.3 Å². The van der Waals surface area contributed by atoms with E-state index in [2.05, 4.69) is 5.32 Å². The first-order valence-electron chi connectivity index (χ1n) is 5.08. The quantitative estimate of drug-likeness (QED) is 0.741. The summed E-state index contributed by atoms with van der Waals surface area (Å²) in [6.07, 6.45) is 0.583. The third kappa shape index (κ3) is 5.49. The number of hydrogen-bond donors (Lipinski definition) is 2. The van der Waals surface area contributed by atoms with Gasteiger partial charge in [0.05, 0.1) is 0 Å². The molecular formula is C9H15F3N2O. The molecule has 0 radical (unpaired) electrons. The van der Waals surface area contributed by atoms with Crippen LogP contribution in [0, 0.1) is 0 Å². The van der Waals surface area contributed by atoms with E-state index < -0.39 is 18.8 Å². The van der Waals surface area contributed by atoms with Crippen LogP contribution in [-0.4, -0.2) is 24.8 Å². The summed E-state index contributed by atoms with van der Waals surface area (Å²) in [6, 6.07) is -0.689. The number of amides is 2. The van der Waals surface area contributed by atoms with Gasteiger partial charge in [-0.2, -0.15) is 13.2 Å². The van der Waals surface area contributed by atoms with Gasteiger partial charge in [0.15, 0.2) is 0 Å². The zero-order valence-electron chi connectivity index (χ0n) is 8.36. The SMILES string of the molecule is O=C(NCC(F)(F)F)NC1CCCCC1. The zero-order chi connectivity index (χ0) is 11.3. The fraction of sp³-hybridized carbons (Fsp3) is 0.889. The molecule has 1 fully saturated rings. The first-order valence-corrected chi connectivity index (χ1v) is 5.08. The number of halogens is 3. The van der Waals surface area contributed by atoms with Gasteiger partial charge in [-0.1, -0.05) is 19.3 Å². The molecule has 0 unspecified atom stereocenters. The van der Waals surface area contributed by atoms with Crippen LogP contribution in [0.2, 0.25) is 0 Å². The molecule has 88 valence electrons. The summed E-state index contributed by atoms with van der Waals surface area (Å²) < 4.78 is 35.3. The Morgan fingerprint density at radius 2 is 1.80 bits per heavy atom. The van der Waals surface area contributed by atoms with Crippen LogP contribution in [0.5, 0.6) is 0 Å². The number of urea groups is 1. The molecule has 2 N–H and O–H groups in total. The Hall–Kier alpha value is -0.940. The molecule has 1 rings (SSSR count). The minimum absolute atomic E-state index is 0.0342. The third-order valence-corrected chi connectivity index (χ3v) is 2.39. The van der Waals surface area contributed by atoms with E-state index in [1.165, 1.54) is 0 Å². The van der Waals surface area contributed by atoms with Crippen molar-refractivity contribution >= 4 is 6.03 Å². The third-order valence-electron chi connectivity index (χ3n) is 2.39. The van der Waals surface area contributed by atoms with Crippen molar-refractivity contribution in [2.24, 2.45) is 0 Å². The smallest absolute Gasteiger partial charge is 0.335 e. The van der Waals surface area contributed by atoms with E-state index in [0.29, 0.717) is 0 Å². The molecular weight excluding hydrogens is 209 g/mol. The summed E-state index contributed by atoms with van der Waals surface area (Å²) in [4.78, 5) is 11.0. The Morgan fingerprint density at radius 1 is 1.20 bits per heavy atom. The van der Waals surface area contributed by atoms with Crippen LogP contribution in [0.4, 0.5) is 18.0 Å². The van der Waals surface area contributed by atoms with Gasteiger partial charge < -0.3 is 10.6 Å². The molecule has 0 heterocycles. The molecule has 0 aliphatic heterocycles. The maximum Gasteiger partial charge on any atom is 0.405 e. The van der Waals surface area contributed by atoms with Gasteiger partial charge in [-0.15, -0.1) is 0 Å². The van der Waals surface area contributed by atoms with Crippen molar-refractivity contribution in [3.05, 3.63) is 0 Å². The number of nitrogens with one attached hydrogen (secondary N) is 2. The van der Waals surface area contributed by atoms with E-state index in [1.54, 1.807) is 5.32 Å². The molecule has 1 aliphatic rings. The number of rotatable bonds is 2. The highest BCUT2D eigenvalue weighted by Gasteiger charge is 2.28. The average Bonchev–Trinajstić information content (AvgIpc) is 2.15. The Labute approximate surface area is 86.4 Å². The van der Waals surface area contributed by atoms with E-state index in [1.807, 2.05) is 0 Å². The highest BCUT2D eigenvalue weighted by Crippen LogP contribution is 2.17. The Morgan fingerprint density at radius 3 is 2.33 bits per heavy atom. The summed E-state index contributed by atoms with van der Waals surface area (Å²) in [7, 11) is 0. The molecule has 2 amide bonds. The van der Waals surface area contributed by atoms with Crippen LogP contribution in [0.15, 0.2) is 0 Å². The van der Waals surface area contributed by atoms with Crippen molar-refractivity contribution in [2.75, 3.05) is 6.54 Å². The maximum absolute atomic E-state index is 11.8. The summed E-state index contributed by atoms with van der Waals surface area (Å²) in [5, 5.41) is 4.34. The van der Waals surface area contributed by atoms with Crippen LogP contribution in [0.3, 0.4) is 0 Å². The number of alkyl halides is 3. The van der Waals surface area contributed by atoms with Gasteiger partial charge in [-0.25, -0.2) is 4.79 Å². The normalized spacial score (nSPS) is 18.6. The van der Waals surface area contributed by atoms with Gasteiger partial charge >= 0.3 is 12.2 Å². The van der Waals surface area contributed by atoms with Crippen LogP contribution in [-0.2, 0) is 0 Å². The Kier molecular flexibility index (Phi) is 4.23. The van der Waals surface area contributed by atoms with Crippen LogP contribution in [0.1, 0.15) is 32.1 Å². The van der Waals surface area contributed by atoms with Crippen molar-refractivity contribution in [1.82, 2.24) is 10.6 Å². The lowest BCUT2D eigenvalue weighted by Gasteiger charge is -2.23. The lowest BCUT2D eigenvalue weighted by atomic mass is 9.96. The molecule has 6 heteroatoms. The maximum atomic E-state index is 11.8. The molecule has 0 aromatic heterocycles. The highest BCUT2D eigenvalue weighted by molar-refractivity contribution is 5.74. The van der Waals surface area contributed by atoms with E-state index in [-0.39, 0.29) is 6.04 Å². The first kappa shape index (κ1) is 12.1. The van der Waals surface area contributed by atoms with E-state index in [4.69, 9.17) is 0 Å². The lowest BCUT2D eigenvalue weighted by molar-refractivity contribution is -0.122. The first-order chi connectivity index (χ1) is 6.97. The van der Waals surface area contributed by atoms with E-state index in [0.717, 1.165) is 32.1 Å². The fourth-order valence-electron chi connectivity index (χ4n) is 1.66. The largest absolute Gasteiger partial charge is 0.405 e. The number of carbonyl (C=O) groups is 1. The van der Waals surface area contributed by atoms with Crippen molar-refractivity contribution < 1.29 is 18.0 Å². The van der Waals surface area contributed by atoms with Crippen LogP contribution in [0.25, 0.3) is 0 Å². The summed E-state index contributed by atoms with van der Waals surface area (Å²) in [5.41, 5.74) is 0. The minimum Gasteiger partial charge on any atom is -0.335 e. The van der Waals surface area contributed by atoms with E-state index >= 15 is 0 Å². The summed E-state index contributed by atoms with van der Waals surface area (Å²) in [6.45, 7) is -1.27. The van der Waals surface area contributed by atoms with Crippen molar-refractivity contribution in [1.29, 1.82) is 0 Å². The van der Waals surface area contributed by atoms with Crippen LogP contribution >= 0.6 is 0 Å². The summed E-state index contributed by atoms with van der Waals surface area (Å²) in [5.74, 6) is 0. The fourth-order valence-corrected chi connectivity index (χ4v) is 1.66. The zero-order valence-corrected chi connectivity index (χ0v) is 8.36. The van der Waals surface area contributed by atoms with Gasteiger partial charge in [0.1, 0.15) is 6.54 Å². The van der Waals surface area contributed by atoms with Gasteiger partial charge in [-0.05, 0) is 12.8 Å². The predicted octanol–water partition coefficient (Wildman–Crippen LogP) is 2.18. The predicted molar refractivity (Wildman–Crippen MR) is 49.5 cm³/mol. The Balaban J connectivity index is 2.17. The van der Waals surface area contributed by atoms with Gasteiger partial charge in [0.25, 0.3) is 0 Å². The second-order valence-electron chi connectivity index (χ2n) is 3.78. The van der Waals surface area contributed by atoms with Crippen molar-refractivity contribution in [3.63, 3.8) is 0 Å². The van der Waals surface area contributed by atoms with Gasteiger partial charge in [0.2, 0.25) is 0 Å². The second kappa shape index (κ2) is 5.23. The molecule has 1 saturated carbocycles. The average molecular weight is 224 g/mol. The molecule has 0 aromatic carbocycles. The van der Waals surface area contributed by atoms with Gasteiger partial charge in [-0.3, -0.25) is 0 Å². The van der Waals surface area contributed by atoms with E-state index in [9.17, 15) is 18.0 Å². The summed E-state index contributed by atoms with van der Waals surface area (Å²) >= 11 is 0. The second-order valence-corrected chi connectivity index (χ2v) is 3.78. The molecule has 3 nitrogen and oxygen atoms in total. The Bertz CT molecular complexity index is 212. The number of carbonyl (C=O) groups excluding carboxylic acids is 1. The molecule has 0 bridgehead atoms. The molecule has 15 heavy (non-hydrogen) atoms. The molecule has 0 atom stereocenters. The molecule has 0 saturated heterocycles. The molecule has 1 aliphatic carbocycles. The standard InChI is InChI=1S/C9H15F3N2O/c10-9(11,12)6-13-8(15)14-7-4-2-1-3-5-7/h7H,1-6H2,(H2,13,14,15). The van der Waals surface area contributed by atoms with Crippen molar-refractivity contribution in [3.8, 4) is 0 Å². The van der Waals surface area contributed by atoms with Gasteiger partial charge in [0, 0.05) is 6.04 Å². The minimum atomic E-state index is -4.34. The lowest BCUT2D eigenvalue weighted by Crippen LogP contribution is -2.45.